The first-order valence-electron chi connectivity index (χ1n) is 8.46. The number of hydrogen-bond donors (Lipinski definition) is 0. The summed E-state index contributed by atoms with van der Waals surface area (Å²) in [5, 5.41) is 8.65. The molecule has 1 aromatic carbocycles. The van der Waals surface area contributed by atoms with Crippen LogP contribution >= 0.6 is 11.8 Å². The minimum atomic E-state index is -2.86. The van der Waals surface area contributed by atoms with Gasteiger partial charge in [0.05, 0.1) is 11.5 Å². The van der Waals surface area contributed by atoms with Gasteiger partial charge in [0.1, 0.15) is 0 Å². The number of sulfone groups is 1. The van der Waals surface area contributed by atoms with Gasteiger partial charge in [0.15, 0.2) is 9.84 Å². The van der Waals surface area contributed by atoms with Gasteiger partial charge in [-0.05, 0) is 28.9 Å². The van der Waals surface area contributed by atoms with E-state index in [0.29, 0.717) is 24.0 Å². The van der Waals surface area contributed by atoms with Crippen LogP contribution in [0, 0.1) is 5.92 Å². The van der Waals surface area contributed by atoms with Crippen LogP contribution in [0.2, 0.25) is 0 Å². The van der Waals surface area contributed by atoms with E-state index < -0.39 is 9.84 Å². The molecule has 1 aliphatic heterocycles. The summed E-state index contributed by atoms with van der Waals surface area (Å²) in [6, 6.07) is 8.59. The highest BCUT2D eigenvalue weighted by Gasteiger charge is 2.29. The Kier molecular flexibility index (Phi) is 5.25. The minimum Gasteiger partial charge on any atom is -0.416 e. The summed E-state index contributed by atoms with van der Waals surface area (Å²) >= 11 is 1.51. The van der Waals surface area contributed by atoms with E-state index in [1.165, 1.54) is 22.9 Å². The topological polar surface area (TPSA) is 73.1 Å². The summed E-state index contributed by atoms with van der Waals surface area (Å²) in [5.41, 5.74) is 2.67. The van der Waals surface area contributed by atoms with Crippen molar-refractivity contribution in [3.63, 3.8) is 0 Å². The van der Waals surface area contributed by atoms with Crippen molar-refractivity contribution in [3.8, 4) is 0 Å². The van der Waals surface area contributed by atoms with Gasteiger partial charge in [-0.3, -0.25) is 0 Å². The van der Waals surface area contributed by atoms with Gasteiger partial charge >= 0.3 is 0 Å². The number of benzene rings is 1. The van der Waals surface area contributed by atoms with Gasteiger partial charge in [0, 0.05) is 12.2 Å². The summed E-state index contributed by atoms with van der Waals surface area (Å²) in [6.45, 7) is 6.60. The van der Waals surface area contributed by atoms with Gasteiger partial charge in [-0.25, -0.2) is 8.42 Å². The molecule has 0 saturated carbocycles. The largest absolute Gasteiger partial charge is 0.416 e. The summed E-state index contributed by atoms with van der Waals surface area (Å²) in [6.07, 6.45) is 1.24. The molecule has 136 valence electrons. The zero-order valence-electron chi connectivity index (χ0n) is 14.9. The first kappa shape index (κ1) is 18.5. The third-order valence-electron chi connectivity index (χ3n) is 4.42. The van der Waals surface area contributed by atoms with Crippen LogP contribution in [0.1, 0.15) is 44.2 Å². The molecular weight excluding hydrogens is 356 g/mol. The predicted octanol–water partition coefficient (Wildman–Crippen LogP) is 3.64. The van der Waals surface area contributed by atoms with E-state index in [0.717, 1.165) is 5.75 Å². The van der Waals surface area contributed by atoms with E-state index in [1.54, 1.807) is 0 Å². The molecule has 0 amide bonds. The second kappa shape index (κ2) is 7.11. The molecule has 2 heterocycles. The van der Waals surface area contributed by atoms with Crippen molar-refractivity contribution in [2.45, 2.75) is 50.0 Å². The van der Waals surface area contributed by atoms with Crippen LogP contribution in [0.5, 0.6) is 0 Å². The van der Waals surface area contributed by atoms with Gasteiger partial charge in [0.2, 0.25) is 5.89 Å². The molecule has 0 spiro atoms. The Balaban J connectivity index is 1.53. The van der Waals surface area contributed by atoms with E-state index in [1.807, 2.05) is 0 Å². The summed E-state index contributed by atoms with van der Waals surface area (Å²) < 4.78 is 28.7. The van der Waals surface area contributed by atoms with Crippen molar-refractivity contribution in [1.29, 1.82) is 0 Å². The lowest BCUT2D eigenvalue weighted by Crippen LogP contribution is -2.10. The van der Waals surface area contributed by atoms with Crippen molar-refractivity contribution >= 4 is 21.6 Å². The van der Waals surface area contributed by atoms with E-state index >= 15 is 0 Å². The monoisotopic (exact) mass is 380 g/mol. The van der Waals surface area contributed by atoms with Crippen LogP contribution in [0.25, 0.3) is 0 Å². The molecule has 25 heavy (non-hydrogen) atoms. The van der Waals surface area contributed by atoms with Crippen molar-refractivity contribution in [3.05, 3.63) is 41.3 Å². The summed E-state index contributed by atoms with van der Waals surface area (Å²) in [7, 11) is -2.86. The van der Waals surface area contributed by atoms with Crippen molar-refractivity contribution in [1.82, 2.24) is 10.2 Å². The van der Waals surface area contributed by atoms with Crippen molar-refractivity contribution in [2.75, 3.05) is 11.5 Å². The molecule has 7 heteroatoms. The lowest BCUT2D eigenvalue weighted by molar-refractivity contribution is 0.389. The molecule has 0 aliphatic carbocycles. The van der Waals surface area contributed by atoms with E-state index in [-0.39, 0.29) is 22.8 Å². The molecule has 1 atom stereocenters. The maximum absolute atomic E-state index is 11.5. The number of nitrogens with zero attached hydrogens (tertiary/aromatic N) is 2. The standard InChI is InChI=1S/C18H24N2O3S2/c1-18(2,3)15-6-4-13(5-7-15)11-24-17-20-19-16(23-17)10-14-8-9-25(21,22)12-14/h4-7,14H,8-12H2,1-3H3. The highest BCUT2D eigenvalue weighted by molar-refractivity contribution is 7.98. The molecule has 1 unspecified atom stereocenters. The molecule has 0 N–H and O–H groups in total. The first-order valence-corrected chi connectivity index (χ1v) is 11.3. The molecule has 0 bridgehead atoms. The van der Waals surface area contributed by atoms with Crippen LogP contribution in [0.4, 0.5) is 0 Å². The fourth-order valence-corrected chi connectivity index (χ4v) is 5.50. The number of hydrogen-bond acceptors (Lipinski definition) is 6. The smallest absolute Gasteiger partial charge is 0.276 e. The fraction of sp³-hybridized carbons (Fsp3) is 0.556. The van der Waals surface area contributed by atoms with E-state index in [2.05, 4.69) is 55.2 Å². The molecule has 1 aromatic heterocycles. The van der Waals surface area contributed by atoms with Gasteiger partial charge in [-0.1, -0.05) is 56.8 Å². The molecule has 3 rings (SSSR count). The molecule has 2 aromatic rings. The second-order valence-corrected chi connectivity index (χ2v) is 10.8. The molecule has 1 saturated heterocycles. The first-order chi connectivity index (χ1) is 11.7. The van der Waals surface area contributed by atoms with Crippen molar-refractivity contribution in [2.24, 2.45) is 5.92 Å². The normalized spacial score (nSPS) is 20.0. The van der Waals surface area contributed by atoms with Gasteiger partial charge in [-0.15, -0.1) is 10.2 Å². The third kappa shape index (κ3) is 5.07. The van der Waals surface area contributed by atoms with Crippen LogP contribution < -0.4 is 0 Å². The van der Waals surface area contributed by atoms with Gasteiger partial charge in [0.25, 0.3) is 5.22 Å². The van der Waals surface area contributed by atoms with Gasteiger partial charge in [-0.2, -0.15) is 0 Å². The van der Waals surface area contributed by atoms with Gasteiger partial charge < -0.3 is 4.42 Å². The highest BCUT2D eigenvalue weighted by Crippen LogP contribution is 2.27. The number of aromatic nitrogens is 2. The molecular formula is C18H24N2O3S2. The van der Waals surface area contributed by atoms with Crippen molar-refractivity contribution < 1.29 is 12.8 Å². The Labute approximate surface area is 153 Å². The summed E-state index contributed by atoms with van der Waals surface area (Å²) in [5.74, 6) is 1.92. The van der Waals surface area contributed by atoms with Crippen LogP contribution in [-0.4, -0.2) is 30.1 Å². The third-order valence-corrected chi connectivity index (χ3v) is 7.15. The second-order valence-electron chi connectivity index (χ2n) is 7.67. The van der Waals surface area contributed by atoms with E-state index in [9.17, 15) is 8.42 Å². The Morgan fingerprint density at radius 1 is 1.20 bits per heavy atom. The lowest BCUT2D eigenvalue weighted by atomic mass is 9.87. The Morgan fingerprint density at radius 2 is 1.92 bits per heavy atom. The quantitative estimate of drug-likeness (QED) is 0.738. The summed E-state index contributed by atoms with van der Waals surface area (Å²) in [4.78, 5) is 0. The molecule has 5 nitrogen and oxygen atoms in total. The molecule has 1 aliphatic rings. The Bertz CT molecular complexity index is 821. The zero-order valence-corrected chi connectivity index (χ0v) is 16.5. The van der Waals surface area contributed by atoms with Crippen LogP contribution in [0.3, 0.4) is 0 Å². The minimum absolute atomic E-state index is 0.105. The zero-order chi connectivity index (χ0) is 18.1. The van der Waals surface area contributed by atoms with Crippen LogP contribution in [-0.2, 0) is 27.4 Å². The highest BCUT2D eigenvalue weighted by atomic mass is 32.2. The maximum atomic E-state index is 11.5. The molecule has 1 fully saturated rings. The average Bonchev–Trinajstić information content (AvgIpc) is 3.11. The molecule has 0 radical (unpaired) electrons. The predicted molar refractivity (Wildman–Crippen MR) is 99.5 cm³/mol. The number of rotatable bonds is 5. The van der Waals surface area contributed by atoms with Crippen LogP contribution in [0.15, 0.2) is 33.9 Å². The maximum Gasteiger partial charge on any atom is 0.276 e. The lowest BCUT2D eigenvalue weighted by Gasteiger charge is -2.19. The Morgan fingerprint density at radius 3 is 2.52 bits per heavy atom. The van der Waals surface area contributed by atoms with E-state index in [4.69, 9.17) is 4.42 Å². The Hall–Kier alpha value is -1.34. The fourth-order valence-electron chi connectivity index (χ4n) is 2.91. The number of thioether (sulfide) groups is 1. The average molecular weight is 381 g/mol. The SMILES string of the molecule is CC(C)(C)c1ccc(CSc2nnc(CC3CCS(=O)(=O)C3)o2)cc1.